The molecule has 4 rings (SSSR count). The van der Waals surface area contributed by atoms with Crippen molar-refractivity contribution in [1.29, 1.82) is 0 Å². The summed E-state index contributed by atoms with van der Waals surface area (Å²) in [4.78, 5) is 22.5. The Kier molecular flexibility index (Phi) is 5.55. The van der Waals surface area contributed by atoms with Gasteiger partial charge < -0.3 is 9.72 Å². The molecule has 0 radical (unpaired) electrons. The maximum Gasteiger partial charge on any atom is 0.260 e. The number of aromatic amines is 1. The molecule has 0 unspecified atom stereocenters. The highest BCUT2D eigenvalue weighted by molar-refractivity contribution is 7.99. The molecule has 1 atom stereocenters. The summed E-state index contributed by atoms with van der Waals surface area (Å²) in [7, 11) is 0. The number of nitrogens with zero attached hydrogens (tertiary/aromatic N) is 1. The lowest BCUT2D eigenvalue weighted by molar-refractivity contribution is 0.318. The van der Waals surface area contributed by atoms with Crippen LogP contribution in [-0.2, 0) is 12.8 Å². The van der Waals surface area contributed by atoms with Gasteiger partial charge in [-0.1, -0.05) is 36.4 Å². The lowest BCUT2D eigenvalue weighted by Crippen LogP contribution is -2.13. The van der Waals surface area contributed by atoms with Gasteiger partial charge in [0.2, 0.25) is 0 Å². The minimum Gasteiger partial charge on any atom is -0.494 e. The van der Waals surface area contributed by atoms with Crippen molar-refractivity contribution in [2.24, 2.45) is 5.92 Å². The number of thioether (sulfide) groups is 1. The average Bonchev–Trinajstić information content (AvgIpc) is 3.00. The maximum atomic E-state index is 12.6. The van der Waals surface area contributed by atoms with Crippen molar-refractivity contribution in [3.05, 3.63) is 50.6 Å². The molecule has 0 spiro atoms. The summed E-state index contributed by atoms with van der Waals surface area (Å²) in [5.41, 5.74) is 2.49. The number of fused-ring (bicyclic) bond motifs is 3. The van der Waals surface area contributed by atoms with Gasteiger partial charge in [-0.15, -0.1) is 11.3 Å². The molecule has 0 saturated carbocycles. The van der Waals surface area contributed by atoms with Crippen molar-refractivity contribution in [3.8, 4) is 5.75 Å². The van der Waals surface area contributed by atoms with E-state index in [1.54, 1.807) is 23.1 Å². The third-order valence-corrected chi connectivity index (χ3v) is 7.07. The lowest BCUT2D eigenvalue weighted by Gasteiger charge is -2.17. The first-order valence-corrected chi connectivity index (χ1v) is 11.3. The van der Waals surface area contributed by atoms with Crippen molar-refractivity contribution in [2.75, 3.05) is 12.4 Å². The van der Waals surface area contributed by atoms with Gasteiger partial charge in [0.15, 0.2) is 5.16 Å². The number of H-pyrrole nitrogens is 1. The highest BCUT2D eigenvalue weighted by Gasteiger charge is 2.23. The van der Waals surface area contributed by atoms with Gasteiger partial charge in [-0.05, 0) is 56.2 Å². The second-order valence-electron chi connectivity index (χ2n) is 7.27. The zero-order chi connectivity index (χ0) is 18.8. The van der Waals surface area contributed by atoms with E-state index in [1.807, 2.05) is 12.1 Å². The van der Waals surface area contributed by atoms with Crippen molar-refractivity contribution < 1.29 is 4.74 Å². The van der Waals surface area contributed by atoms with E-state index in [0.29, 0.717) is 12.5 Å². The van der Waals surface area contributed by atoms with Gasteiger partial charge in [0.25, 0.3) is 5.56 Å². The highest BCUT2D eigenvalue weighted by Crippen LogP contribution is 2.36. The van der Waals surface area contributed by atoms with Gasteiger partial charge in [0.1, 0.15) is 10.6 Å². The van der Waals surface area contributed by atoms with E-state index in [0.717, 1.165) is 52.6 Å². The summed E-state index contributed by atoms with van der Waals surface area (Å²) >= 11 is 3.30. The predicted octanol–water partition coefficient (Wildman–Crippen LogP) is 4.98. The van der Waals surface area contributed by atoms with Gasteiger partial charge in [-0.3, -0.25) is 4.79 Å². The Morgan fingerprint density at radius 3 is 2.96 bits per heavy atom. The molecule has 142 valence electrons. The molecule has 2 aromatic heterocycles. The van der Waals surface area contributed by atoms with Crippen LogP contribution in [0.4, 0.5) is 0 Å². The topological polar surface area (TPSA) is 55.0 Å². The van der Waals surface area contributed by atoms with E-state index in [2.05, 4.69) is 31.0 Å². The first kappa shape index (κ1) is 18.6. The summed E-state index contributed by atoms with van der Waals surface area (Å²) in [6.45, 7) is 5.01. The van der Waals surface area contributed by atoms with Crippen LogP contribution in [0.3, 0.4) is 0 Å². The Balaban J connectivity index is 1.36. The number of rotatable bonds is 6. The zero-order valence-electron chi connectivity index (χ0n) is 15.7. The molecule has 0 saturated heterocycles. The fraction of sp³-hybridized carbons (Fsp3) is 0.429. The number of aromatic nitrogens is 2. The van der Waals surface area contributed by atoms with E-state index >= 15 is 0 Å². The summed E-state index contributed by atoms with van der Waals surface area (Å²) in [6.07, 6.45) is 4.15. The number of benzene rings is 1. The molecule has 6 heteroatoms. The third-order valence-electron chi connectivity index (χ3n) is 4.96. The Morgan fingerprint density at radius 2 is 2.15 bits per heavy atom. The van der Waals surface area contributed by atoms with Crippen LogP contribution in [0.2, 0.25) is 0 Å². The SMILES string of the molecule is Cc1ccc(OCCCSc2nc3sc4c(c3c(=O)[nH]2)CC[C@H](C)C4)cc1. The molecular weight excluding hydrogens is 376 g/mol. The molecule has 1 aromatic carbocycles. The second-order valence-corrected chi connectivity index (χ2v) is 9.43. The molecule has 1 aliphatic carbocycles. The number of hydrogen-bond acceptors (Lipinski definition) is 5. The van der Waals surface area contributed by atoms with Crippen molar-refractivity contribution in [1.82, 2.24) is 9.97 Å². The molecule has 0 amide bonds. The molecule has 0 fully saturated rings. The van der Waals surface area contributed by atoms with Crippen LogP contribution in [0, 0.1) is 12.8 Å². The molecule has 4 nitrogen and oxygen atoms in total. The van der Waals surface area contributed by atoms with Crippen LogP contribution < -0.4 is 10.3 Å². The van der Waals surface area contributed by atoms with E-state index in [4.69, 9.17) is 9.72 Å². The van der Waals surface area contributed by atoms with E-state index in [-0.39, 0.29) is 5.56 Å². The lowest BCUT2D eigenvalue weighted by atomic mass is 9.89. The Bertz CT molecular complexity index is 992. The fourth-order valence-electron chi connectivity index (χ4n) is 3.45. The van der Waals surface area contributed by atoms with Crippen molar-refractivity contribution in [2.45, 2.75) is 44.7 Å². The standard InChI is InChI=1S/C21H24N2O2S2/c1-13-4-7-15(8-5-13)25-10-3-11-26-21-22-19(24)18-16-9-6-14(2)12-17(16)27-20(18)23-21/h4-5,7-8,14H,3,6,9-12H2,1-2H3,(H,22,23,24)/t14-/m0/s1. The molecule has 0 bridgehead atoms. The van der Waals surface area contributed by atoms with Crippen molar-refractivity contribution in [3.63, 3.8) is 0 Å². The van der Waals surface area contributed by atoms with Crippen molar-refractivity contribution >= 4 is 33.3 Å². The number of thiophene rings is 1. The minimum atomic E-state index is 0.0189. The molecular formula is C21H24N2O2S2. The predicted molar refractivity (Wildman–Crippen MR) is 113 cm³/mol. The summed E-state index contributed by atoms with van der Waals surface area (Å²) in [5.74, 6) is 2.46. The third kappa shape index (κ3) is 4.22. The molecule has 3 aromatic rings. The summed E-state index contributed by atoms with van der Waals surface area (Å²) in [5, 5.41) is 1.54. The number of aryl methyl sites for hydroxylation is 2. The monoisotopic (exact) mass is 400 g/mol. The minimum absolute atomic E-state index is 0.0189. The average molecular weight is 401 g/mol. The first-order valence-electron chi connectivity index (χ1n) is 9.47. The van der Waals surface area contributed by atoms with Crippen LogP contribution in [0.15, 0.2) is 34.2 Å². The van der Waals surface area contributed by atoms with Crippen LogP contribution in [0.5, 0.6) is 5.75 Å². The molecule has 27 heavy (non-hydrogen) atoms. The maximum absolute atomic E-state index is 12.6. The normalized spacial score (nSPS) is 16.4. The van der Waals surface area contributed by atoms with Gasteiger partial charge in [-0.25, -0.2) is 4.98 Å². The number of hydrogen-bond donors (Lipinski definition) is 1. The van der Waals surface area contributed by atoms with E-state index in [1.165, 1.54) is 16.0 Å². The Morgan fingerprint density at radius 1 is 1.33 bits per heavy atom. The molecule has 0 aliphatic heterocycles. The van der Waals surface area contributed by atoms with Gasteiger partial charge >= 0.3 is 0 Å². The number of nitrogens with one attached hydrogen (secondary N) is 1. The largest absolute Gasteiger partial charge is 0.494 e. The Hall–Kier alpha value is -1.79. The summed E-state index contributed by atoms with van der Waals surface area (Å²) < 4.78 is 5.75. The second kappa shape index (κ2) is 8.07. The van der Waals surface area contributed by atoms with E-state index in [9.17, 15) is 4.79 Å². The molecule has 2 heterocycles. The first-order chi connectivity index (χ1) is 13.1. The fourth-order valence-corrected chi connectivity index (χ4v) is 5.67. The van der Waals surface area contributed by atoms with Gasteiger partial charge in [-0.2, -0.15) is 0 Å². The van der Waals surface area contributed by atoms with Crippen LogP contribution in [-0.4, -0.2) is 22.3 Å². The molecule has 1 aliphatic rings. The van der Waals surface area contributed by atoms with Gasteiger partial charge in [0, 0.05) is 10.6 Å². The summed E-state index contributed by atoms with van der Waals surface area (Å²) in [6, 6.07) is 8.09. The Labute approximate surface area is 167 Å². The van der Waals surface area contributed by atoms with Gasteiger partial charge in [0.05, 0.1) is 12.0 Å². The quantitative estimate of drug-likeness (QED) is 0.360. The van der Waals surface area contributed by atoms with Crippen LogP contribution >= 0.6 is 23.1 Å². The highest BCUT2D eigenvalue weighted by atomic mass is 32.2. The molecule has 1 N–H and O–H groups in total. The zero-order valence-corrected chi connectivity index (χ0v) is 17.3. The van der Waals surface area contributed by atoms with E-state index < -0.39 is 0 Å². The van der Waals surface area contributed by atoms with Crippen LogP contribution in [0.1, 0.15) is 35.8 Å². The smallest absolute Gasteiger partial charge is 0.260 e. The number of ether oxygens (including phenoxy) is 1. The van der Waals surface area contributed by atoms with Crippen LogP contribution in [0.25, 0.3) is 10.2 Å².